The Hall–Kier alpha value is 0.757. The van der Waals surface area contributed by atoms with Gasteiger partial charge in [0.2, 0.25) is 7.42 Å². The van der Waals surface area contributed by atoms with Gasteiger partial charge in [-0.05, 0) is 19.0 Å². The van der Waals surface area contributed by atoms with E-state index >= 15 is 0 Å². The van der Waals surface area contributed by atoms with Crippen LogP contribution in [0.1, 0.15) is 19.3 Å². The molecule has 0 unspecified atom stereocenters. The highest BCUT2D eigenvalue weighted by Gasteiger charge is 1.99. The lowest BCUT2D eigenvalue weighted by Gasteiger charge is -1.97. The van der Waals surface area contributed by atoms with Crippen molar-refractivity contribution in [2.75, 3.05) is 6.54 Å². The molecule has 56 valence electrons. The fourth-order valence-corrected chi connectivity index (χ4v) is 2.14. The molecule has 0 saturated carbocycles. The summed E-state index contributed by atoms with van der Waals surface area (Å²) in [6.45, 7) is 0.788. The maximum atomic E-state index is 5.63. The molecule has 0 atom stereocenters. The Labute approximate surface area is 67.5 Å². The third kappa shape index (κ3) is 8.76. The maximum Gasteiger partial charge on any atom is 0.237 e. The molecule has 0 aromatic carbocycles. The van der Waals surface area contributed by atoms with E-state index in [9.17, 15) is 0 Å². The molecule has 0 aromatic heterocycles. The Morgan fingerprint density at radius 2 is 1.78 bits per heavy atom. The minimum atomic E-state index is -1.31. The van der Waals surface area contributed by atoms with Crippen molar-refractivity contribution in [1.82, 2.24) is 0 Å². The van der Waals surface area contributed by atoms with E-state index in [0.29, 0.717) is 0 Å². The van der Waals surface area contributed by atoms with Crippen molar-refractivity contribution in [2.45, 2.75) is 25.3 Å². The minimum absolute atomic E-state index is 0.788. The molecule has 0 heterocycles. The van der Waals surface area contributed by atoms with Gasteiger partial charge in [0, 0.05) is 0 Å². The van der Waals surface area contributed by atoms with Crippen LogP contribution in [0.3, 0.4) is 0 Å². The van der Waals surface area contributed by atoms with Gasteiger partial charge in [0.1, 0.15) is 0 Å². The molecule has 0 saturated heterocycles. The maximum absolute atomic E-state index is 5.63. The lowest BCUT2D eigenvalue weighted by Crippen LogP contribution is -1.98. The number of hydrogen-bond donors (Lipinski definition) is 1. The minimum Gasteiger partial charge on any atom is -0.330 e. The van der Waals surface area contributed by atoms with Crippen LogP contribution in [0.5, 0.6) is 0 Å². The molecule has 1 nitrogen and oxygen atoms in total. The largest absolute Gasteiger partial charge is 0.330 e. The summed E-state index contributed by atoms with van der Waals surface area (Å²) in [5.74, 6) is 0. The summed E-state index contributed by atoms with van der Waals surface area (Å²) in [4.78, 5) is 0. The van der Waals surface area contributed by atoms with Crippen molar-refractivity contribution in [2.24, 2.45) is 5.73 Å². The fourth-order valence-electron chi connectivity index (χ4n) is 0.620. The molecule has 0 aliphatic heterocycles. The van der Waals surface area contributed by atoms with Crippen LogP contribution in [0.2, 0.25) is 6.04 Å². The zero-order valence-electron chi connectivity index (χ0n) is 5.45. The van der Waals surface area contributed by atoms with Crippen molar-refractivity contribution >= 4 is 29.6 Å². The Kier molecular flexibility index (Phi) is 7.45. The molecule has 0 bridgehead atoms. The summed E-state index contributed by atoms with van der Waals surface area (Å²) in [7, 11) is -1.31. The second-order valence-corrected chi connectivity index (χ2v) is 7.22. The van der Waals surface area contributed by atoms with Gasteiger partial charge in [-0.3, -0.25) is 0 Å². The highest BCUT2D eigenvalue weighted by molar-refractivity contribution is 7.33. The van der Waals surface area contributed by atoms with Crippen LogP contribution in [0.4, 0.5) is 0 Å². The topological polar surface area (TPSA) is 26.0 Å². The molecule has 0 radical (unpaired) electrons. The van der Waals surface area contributed by atoms with E-state index in [0.717, 1.165) is 25.4 Å². The molecule has 0 aliphatic carbocycles. The lowest BCUT2D eigenvalue weighted by molar-refractivity contribution is 0.726. The monoisotopic (exact) mass is 185 g/mol. The van der Waals surface area contributed by atoms with Gasteiger partial charge in [0.25, 0.3) is 0 Å². The SMILES string of the molecule is NCCCCC[SiH](Cl)Cl. The van der Waals surface area contributed by atoms with Crippen molar-refractivity contribution in [1.29, 1.82) is 0 Å². The zero-order valence-corrected chi connectivity index (χ0v) is 8.11. The van der Waals surface area contributed by atoms with Gasteiger partial charge in [-0.15, -0.1) is 0 Å². The summed E-state index contributed by atoms with van der Waals surface area (Å²) in [5, 5.41) is 0. The number of rotatable bonds is 5. The first-order valence-corrected chi connectivity index (χ1v) is 7.56. The number of nitrogens with two attached hydrogens (primary N) is 1. The van der Waals surface area contributed by atoms with Crippen LogP contribution in [-0.4, -0.2) is 14.0 Å². The standard InChI is InChI=1S/C5H13Cl2NSi/c6-9(7)5-3-1-2-4-8/h9H,1-5,8H2. The first-order valence-electron chi connectivity index (χ1n) is 3.25. The van der Waals surface area contributed by atoms with E-state index in [-0.39, 0.29) is 0 Å². The quantitative estimate of drug-likeness (QED) is 0.395. The second kappa shape index (κ2) is 6.87. The van der Waals surface area contributed by atoms with Gasteiger partial charge < -0.3 is 5.73 Å². The van der Waals surface area contributed by atoms with Gasteiger partial charge >= 0.3 is 0 Å². The molecule has 9 heavy (non-hydrogen) atoms. The van der Waals surface area contributed by atoms with Crippen LogP contribution < -0.4 is 5.73 Å². The van der Waals surface area contributed by atoms with E-state index in [1.54, 1.807) is 0 Å². The van der Waals surface area contributed by atoms with E-state index in [2.05, 4.69) is 0 Å². The third-order valence-electron chi connectivity index (χ3n) is 1.13. The highest BCUT2D eigenvalue weighted by Crippen LogP contribution is 2.08. The average molecular weight is 186 g/mol. The van der Waals surface area contributed by atoms with E-state index < -0.39 is 7.42 Å². The van der Waals surface area contributed by atoms with Gasteiger partial charge in [0.15, 0.2) is 0 Å². The Morgan fingerprint density at radius 1 is 1.11 bits per heavy atom. The number of unbranched alkanes of at least 4 members (excludes halogenated alkanes) is 2. The van der Waals surface area contributed by atoms with Crippen LogP contribution in [0, 0.1) is 0 Å². The van der Waals surface area contributed by atoms with Crippen molar-refractivity contribution in [3.63, 3.8) is 0 Å². The van der Waals surface area contributed by atoms with Gasteiger partial charge in [0.05, 0.1) is 0 Å². The predicted octanol–water partition coefficient (Wildman–Crippen LogP) is 1.81. The summed E-state index contributed by atoms with van der Waals surface area (Å²) < 4.78 is 0. The van der Waals surface area contributed by atoms with E-state index in [1.165, 1.54) is 6.42 Å². The first kappa shape index (κ1) is 9.76. The van der Waals surface area contributed by atoms with Gasteiger partial charge in [-0.1, -0.05) is 12.8 Å². The van der Waals surface area contributed by atoms with Crippen LogP contribution >= 0.6 is 22.2 Å². The van der Waals surface area contributed by atoms with Crippen molar-refractivity contribution < 1.29 is 0 Å². The van der Waals surface area contributed by atoms with E-state index in [4.69, 9.17) is 27.9 Å². The van der Waals surface area contributed by atoms with Gasteiger partial charge in [-0.2, -0.15) is 22.2 Å². The molecule has 0 rings (SSSR count). The Morgan fingerprint density at radius 3 is 2.22 bits per heavy atom. The smallest absolute Gasteiger partial charge is 0.237 e. The fraction of sp³-hybridized carbons (Fsp3) is 1.00. The summed E-state index contributed by atoms with van der Waals surface area (Å²) in [6.07, 6.45) is 3.44. The van der Waals surface area contributed by atoms with Gasteiger partial charge in [-0.25, -0.2) is 0 Å². The normalized spacial score (nSPS) is 10.7. The molecule has 0 aliphatic rings. The van der Waals surface area contributed by atoms with Crippen molar-refractivity contribution in [3.8, 4) is 0 Å². The number of hydrogen-bond acceptors (Lipinski definition) is 1. The second-order valence-electron chi connectivity index (χ2n) is 2.03. The molecule has 0 aromatic rings. The van der Waals surface area contributed by atoms with Crippen LogP contribution in [-0.2, 0) is 0 Å². The molecule has 4 heteroatoms. The lowest BCUT2D eigenvalue weighted by atomic mass is 10.2. The predicted molar refractivity (Wildman–Crippen MR) is 46.6 cm³/mol. The molecular formula is C5H13Cl2NSi. The third-order valence-corrected chi connectivity index (χ3v) is 3.28. The molecule has 0 fully saturated rings. The molecule has 0 spiro atoms. The van der Waals surface area contributed by atoms with E-state index in [1.807, 2.05) is 0 Å². The average Bonchev–Trinajstić information content (AvgIpc) is 1.80. The Bertz CT molecular complexity index is 60.9. The number of halogens is 2. The molecule has 0 amide bonds. The summed E-state index contributed by atoms with van der Waals surface area (Å²) in [6, 6.07) is 1.03. The Balaban J connectivity index is 2.75. The van der Waals surface area contributed by atoms with Crippen molar-refractivity contribution in [3.05, 3.63) is 0 Å². The van der Waals surface area contributed by atoms with Crippen LogP contribution in [0.15, 0.2) is 0 Å². The first-order chi connectivity index (χ1) is 4.27. The molecular weight excluding hydrogens is 173 g/mol. The highest BCUT2D eigenvalue weighted by atomic mass is 35.7. The zero-order chi connectivity index (χ0) is 7.11. The summed E-state index contributed by atoms with van der Waals surface area (Å²) >= 11 is 11.3. The van der Waals surface area contributed by atoms with Crippen LogP contribution in [0.25, 0.3) is 0 Å². The molecule has 2 N–H and O–H groups in total. The summed E-state index contributed by atoms with van der Waals surface area (Å²) in [5.41, 5.74) is 5.29.